The summed E-state index contributed by atoms with van der Waals surface area (Å²) in [4.78, 5) is 0. The summed E-state index contributed by atoms with van der Waals surface area (Å²) in [5.41, 5.74) is 4.22. The summed E-state index contributed by atoms with van der Waals surface area (Å²) in [5.74, 6) is 0. The SMILES string of the molecule is NB(O)O.[KH]. The van der Waals surface area contributed by atoms with Crippen LogP contribution < -0.4 is 5.64 Å². The fourth-order valence-corrected chi connectivity index (χ4v) is 0. The summed E-state index contributed by atoms with van der Waals surface area (Å²) < 4.78 is 0. The molecule has 0 heterocycles. The van der Waals surface area contributed by atoms with Crippen molar-refractivity contribution in [3.63, 3.8) is 0 Å². The first-order chi connectivity index (χ1) is 1.73. The van der Waals surface area contributed by atoms with E-state index in [1.165, 1.54) is 0 Å². The van der Waals surface area contributed by atoms with Crippen molar-refractivity contribution in [2.45, 2.75) is 0 Å². The minimum absolute atomic E-state index is 0. The minimum atomic E-state index is -1.67. The normalized spacial score (nSPS) is 5.40. The molecule has 5 heavy (non-hydrogen) atoms. The van der Waals surface area contributed by atoms with Crippen molar-refractivity contribution in [1.82, 2.24) is 0 Å². The van der Waals surface area contributed by atoms with Gasteiger partial charge in [0.2, 0.25) is 0 Å². The predicted molar refractivity (Wildman–Crippen MR) is 21.5 cm³/mol. The molecule has 0 radical (unpaired) electrons. The van der Waals surface area contributed by atoms with Crippen molar-refractivity contribution in [3.8, 4) is 0 Å². The Hall–Kier alpha value is 1.58. The number of nitrogens with two attached hydrogens (primary N) is 1. The van der Waals surface area contributed by atoms with Crippen molar-refractivity contribution < 1.29 is 10.0 Å². The van der Waals surface area contributed by atoms with Gasteiger partial charge in [0.15, 0.2) is 0 Å². The third-order valence-electron chi connectivity index (χ3n) is 0. The van der Waals surface area contributed by atoms with E-state index in [0.717, 1.165) is 0 Å². The molecule has 0 fully saturated rings. The first kappa shape index (κ1) is 9.77. The van der Waals surface area contributed by atoms with Crippen LogP contribution in [0, 0.1) is 0 Å². The van der Waals surface area contributed by atoms with E-state index >= 15 is 0 Å². The maximum atomic E-state index is 7.39. The van der Waals surface area contributed by atoms with E-state index in [1.54, 1.807) is 0 Å². The van der Waals surface area contributed by atoms with Crippen LogP contribution in [-0.2, 0) is 0 Å². The third-order valence-corrected chi connectivity index (χ3v) is 0. The molecule has 3 nitrogen and oxygen atoms in total. The molecular weight excluding hydrogens is 95.9 g/mol. The van der Waals surface area contributed by atoms with Gasteiger partial charge in [-0.15, -0.1) is 0 Å². The van der Waals surface area contributed by atoms with Gasteiger partial charge in [0, 0.05) is 0 Å². The van der Waals surface area contributed by atoms with E-state index in [4.69, 9.17) is 10.0 Å². The molecule has 0 spiro atoms. The zero-order valence-corrected chi connectivity index (χ0v) is 2.05. The second-order valence-corrected chi connectivity index (χ2v) is 0.414. The Labute approximate surface area is 73.1 Å². The summed E-state index contributed by atoms with van der Waals surface area (Å²) in [6.45, 7) is 0. The summed E-state index contributed by atoms with van der Waals surface area (Å²) in [5, 5.41) is 14.8. The van der Waals surface area contributed by atoms with Crippen LogP contribution in [0.5, 0.6) is 0 Å². The number of hydrogen-bond acceptors (Lipinski definition) is 3. The van der Waals surface area contributed by atoms with Crippen LogP contribution in [-0.4, -0.2) is 68.7 Å². The first-order valence-corrected chi connectivity index (χ1v) is 0.850. The summed E-state index contributed by atoms with van der Waals surface area (Å²) in [6, 6.07) is 0. The topological polar surface area (TPSA) is 66.5 Å². The van der Waals surface area contributed by atoms with Crippen LogP contribution in [0.4, 0.5) is 0 Å². The van der Waals surface area contributed by atoms with Crippen LogP contribution in [0.3, 0.4) is 0 Å². The van der Waals surface area contributed by atoms with E-state index in [-0.39, 0.29) is 51.4 Å². The van der Waals surface area contributed by atoms with E-state index < -0.39 is 7.25 Å². The number of rotatable bonds is 0. The Morgan fingerprint density at radius 2 is 1.40 bits per heavy atom. The average molecular weight is 101 g/mol. The van der Waals surface area contributed by atoms with Gasteiger partial charge in [-0.1, -0.05) is 0 Å². The molecule has 0 bridgehead atoms. The van der Waals surface area contributed by atoms with Gasteiger partial charge >= 0.3 is 58.6 Å². The Balaban J connectivity index is 0. The second kappa shape index (κ2) is 5.58. The molecular formula is H5BKNO2. The van der Waals surface area contributed by atoms with Gasteiger partial charge < -0.3 is 15.7 Å². The summed E-state index contributed by atoms with van der Waals surface area (Å²) in [7, 11) is -1.67. The molecule has 0 aromatic heterocycles. The van der Waals surface area contributed by atoms with Crippen molar-refractivity contribution in [2.75, 3.05) is 0 Å². The summed E-state index contributed by atoms with van der Waals surface area (Å²) >= 11 is 0. The van der Waals surface area contributed by atoms with E-state index in [0.29, 0.717) is 0 Å². The van der Waals surface area contributed by atoms with Crippen LogP contribution in [0.15, 0.2) is 0 Å². The molecule has 0 aliphatic heterocycles. The first-order valence-electron chi connectivity index (χ1n) is 0.850. The molecule has 26 valence electrons. The van der Waals surface area contributed by atoms with Gasteiger partial charge in [0.1, 0.15) is 0 Å². The van der Waals surface area contributed by atoms with Gasteiger partial charge in [-0.25, -0.2) is 0 Å². The molecule has 0 unspecified atom stereocenters. The van der Waals surface area contributed by atoms with Crippen LogP contribution in [0.25, 0.3) is 0 Å². The molecule has 0 aliphatic carbocycles. The van der Waals surface area contributed by atoms with E-state index in [1.807, 2.05) is 0 Å². The Bertz CT molecular complexity index is 14.4. The standard InChI is InChI=1S/BH4NO2.K.H/c2-1(3)4;;/h3-4H,2H2;;. The average Bonchev–Trinajstić information content (AvgIpc) is 0.811. The summed E-state index contributed by atoms with van der Waals surface area (Å²) in [6.07, 6.45) is 0. The van der Waals surface area contributed by atoms with Gasteiger partial charge in [-0.2, -0.15) is 0 Å². The molecule has 0 aliphatic rings. The molecule has 0 aromatic rings. The monoisotopic (exact) mass is 101 g/mol. The zero-order valence-electron chi connectivity index (χ0n) is 2.05. The Kier molecular flexibility index (Phi) is 10.9. The number of hydrogen-bond donors (Lipinski definition) is 3. The van der Waals surface area contributed by atoms with Crippen LogP contribution in [0.1, 0.15) is 0 Å². The van der Waals surface area contributed by atoms with E-state index in [9.17, 15) is 0 Å². The second-order valence-electron chi connectivity index (χ2n) is 0.414. The van der Waals surface area contributed by atoms with Crippen molar-refractivity contribution >= 4 is 58.6 Å². The molecule has 4 N–H and O–H groups in total. The molecule has 0 saturated heterocycles. The molecule has 0 saturated carbocycles. The quantitative estimate of drug-likeness (QED) is 0.290. The van der Waals surface area contributed by atoms with Gasteiger partial charge in [0.25, 0.3) is 0 Å². The fraction of sp³-hybridized carbons (Fsp3) is 0. The van der Waals surface area contributed by atoms with Gasteiger partial charge in [-0.3, -0.25) is 0 Å². The van der Waals surface area contributed by atoms with E-state index in [2.05, 4.69) is 5.64 Å². The molecule has 0 rings (SSSR count). The molecule has 0 amide bonds. The van der Waals surface area contributed by atoms with Crippen LogP contribution in [0.2, 0.25) is 0 Å². The Morgan fingerprint density at radius 3 is 1.40 bits per heavy atom. The molecule has 0 atom stereocenters. The van der Waals surface area contributed by atoms with Gasteiger partial charge in [-0.05, 0) is 0 Å². The van der Waals surface area contributed by atoms with Crippen molar-refractivity contribution in [3.05, 3.63) is 0 Å². The van der Waals surface area contributed by atoms with Crippen LogP contribution >= 0.6 is 0 Å². The fourth-order valence-electron chi connectivity index (χ4n) is 0. The molecule has 0 aromatic carbocycles. The Morgan fingerprint density at radius 1 is 1.40 bits per heavy atom. The van der Waals surface area contributed by atoms with Crippen molar-refractivity contribution in [2.24, 2.45) is 5.64 Å². The predicted octanol–water partition coefficient (Wildman–Crippen LogP) is -2.73. The molecule has 5 heteroatoms. The maximum absolute atomic E-state index is 7.39. The van der Waals surface area contributed by atoms with Gasteiger partial charge in [0.05, 0.1) is 0 Å². The third kappa shape index (κ3) is 28.6. The zero-order chi connectivity index (χ0) is 3.58. The van der Waals surface area contributed by atoms with Crippen molar-refractivity contribution in [1.29, 1.82) is 0 Å².